The van der Waals surface area contributed by atoms with Gasteiger partial charge in [-0.15, -0.1) is 0 Å². The maximum Gasteiger partial charge on any atom is 0.142 e. The maximum atomic E-state index is 10.1. The number of pyridine rings is 1. The molecule has 0 spiro atoms. The van der Waals surface area contributed by atoms with E-state index in [1.165, 1.54) is 0 Å². The number of nitrogens with one attached hydrogen (secondary N) is 1. The Balaban J connectivity index is 2.27. The molecule has 2 rings (SSSR count). The predicted octanol–water partition coefficient (Wildman–Crippen LogP) is 3.62. The van der Waals surface area contributed by atoms with Gasteiger partial charge in [-0.25, -0.2) is 0 Å². The molecule has 0 amide bonds. The van der Waals surface area contributed by atoms with E-state index < -0.39 is 0 Å². The van der Waals surface area contributed by atoms with E-state index in [1.807, 2.05) is 6.07 Å². The number of hydrogen-bond donors (Lipinski definition) is 3. The SMILES string of the molecule is Cc1ncc(CO)c(CNc2cc(Cl)ccc2Br)c1O. The zero-order chi connectivity index (χ0) is 14.7. The molecule has 1 aromatic carbocycles. The summed E-state index contributed by atoms with van der Waals surface area (Å²) in [5.41, 5.74) is 2.57. The Labute approximate surface area is 130 Å². The van der Waals surface area contributed by atoms with Gasteiger partial charge < -0.3 is 15.5 Å². The molecular weight excluding hydrogens is 344 g/mol. The van der Waals surface area contributed by atoms with Gasteiger partial charge in [0.2, 0.25) is 0 Å². The summed E-state index contributed by atoms with van der Waals surface area (Å²) in [6, 6.07) is 5.41. The van der Waals surface area contributed by atoms with Gasteiger partial charge in [-0.05, 0) is 41.1 Å². The van der Waals surface area contributed by atoms with Gasteiger partial charge in [0.1, 0.15) is 5.75 Å². The molecular formula is C14H14BrClN2O2. The standard InChI is InChI=1S/C14H14BrClN2O2/c1-8-14(20)11(9(7-19)5-17-8)6-18-13-4-10(16)2-3-12(13)15/h2-5,18-20H,6-7H2,1H3. The molecule has 3 N–H and O–H groups in total. The van der Waals surface area contributed by atoms with Crippen molar-refractivity contribution in [2.45, 2.75) is 20.1 Å². The van der Waals surface area contributed by atoms with Gasteiger partial charge in [-0.2, -0.15) is 0 Å². The van der Waals surface area contributed by atoms with Crippen LogP contribution in [0, 0.1) is 6.92 Å². The highest BCUT2D eigenvalue weighted by Gasteiger charge is 2.11. The van der Waals surface area contributed by atoms with E-state index in [0.29, 0.717) is 28.4 Å². The molecule has 20 heavy (non-hydrogen) atoms. The largest absolute Gasteiger partial charge is 0.506 e. The Morgan fingerprint density at radius 2 is 2.15 bits per heavy atom. The third-order valence-electron chi connectivity index (χ3n) is 2.98. The van der Waals surface area contributed by atoms with Gasteiger partial charge in [0.25, 0.3) is 0 Å². The Kier molecular flexibility index (Phi) is 4.86. The summed E-state index contributed by atoms with van der Waals surface area (Å²) < 4.78 is 0.873. The van der Waals surface area contributed by atoms with Crippen molar-refractivity contribution in [3.8, 4) is 5.75 Å². The van der Waals surface area contributed by atoms with Crippen molar-refractivity contribution in [2.75, 3.05) is 5.32 Å². The average Bonchev–Trinajstić information content (AvgIpc) is 2.44. The summed E-state index contributed by atoms with van der Waals surface area (Å²) >= 11 is 9.38. The summed E-state index contributed by atoms with van der Waals surface area (Å²) in [6.07, 6.45) is 1.57. The lowest BCUT2D eigenvalue weighted by Gasteiger charge is -2.14. The van der Waals surface area contributed by atoms with Gasteiger partial charge in [-0.1, -0.05) is 11.6 Å². The van der Waals surface area contributed by atoms with Crippen molar-refractivity contribution >= 4 is 33.2 Å². The van der Waals surface area contributed by atoms with Crippen molar-refractivity contribution in [2.24, 2.45) is 0 Å². The minimum absolute atomic E-state index is 0.0993. The van der Waals surface area contributed by atoms with E-state index in [1.54, 1.807) is 25.3 Å². The van der Waals surface area contributed by atoms with Crippen molar-refractivity contribution in [3.63, 3.8) is 0 Å². The Morgan fingerprint density at radius 1 is 1.40 bits per heavy atom. The molecule has 1 aromatic heterocycles. The molecule has 0 aliphatic rings. The third kappa shape index (κ3) is 3.23. The summed E-state index contributed by atoms with van der Waals surface area (Å²) in [6.45, 7) is 1.91. The van der Waals surface area contributed by atoms with Crippen LogP contribution in [0.2, 0.25) is 5.02 Å². The van der Waals surface area contributed by atoms with E-state index in [0.717, 1.165) is 10.2 Å². The number of rotatable bonds is 4. The first kappa shape index (κ1) is 15.1. The average molecular weight is 358 g/mol. The Bertz CT molecular complexity index is 635. The first-order valence-corrected chi connectivity index (χ1v) is 7.16. The van der Waals surface area contributed by atoms with E-state index in [-0.39, 0.29) is 12.4 Å². The molecule has 6 heteroatoms. The second-order valence-electron chi connectivity index (χ2n) is 4.33. The van der Waals surface area contributed by atoms with Crippen LogP contribution >= 0.6 is 27.5 Å². The van der Waals surface area contributed by atoms with Crippen LogP contribution in [0.5, 0.6) is 5.75 Å². The lowest BCUT2D eigenvalue weighted by molar-refractivity contribution is 0.279. The number of anilines is 1. The van der Waals surface area contributed by atoms with Crippen LogP contribution in [0.15, 0.2) is 28.9 Å². The van der Waals surface area contributed by atoms with Crippen molar-refractivity contribution in [1.29, 1.82) is 0 Å². The zero-order valence-electron chi connectivity index (χ0n) is 10.8. The van der Waals surface area contributed by atoms with Crippen LogP contribution in [0.25, 0.3) is 0 Å². The Hall–Kier alpha value is -1.30. The third-order valence-corrected chi connectivity index (χ3v) is 3.91. The highest BCUT2D eigenvalue weighted by molar-refractivity contribution is 9.10. The van der Waals surface area contributed by atoms with E-state index >= 15 is 0 Å². The van der Waals surface area contributed by atoms with Crippen molar-refractivity contribution in [1.82, 2.24) is 4.98 Å². The molecule has 2 aromatic rings. The second kappa shape index (κ2) is 6.43. The van der Waals surface area contributed by atoms with E-state index in [9.17, 15) is 10.2 Å². The number of aryl methyl sites for hydroxylation is 1. The van der Waals surface area contributed by atoms with Crippen LogP contribution < -0.4 is 5.32 Å². The molecule has 0 aliphatic carbocycles. The number of aromatic hydroxyl groups is 1. The molecule has 0 aliphatic heterocycles. The van der Waals surface area contributed by atoms with Gasteiger partial charge in [0.05, 0.1) is 18.0 Å². The molecule has 0 fully saturated rings. The molecule has 106 valence electrons. The summed E-state index contributed by atoms with van der Waals surface area (Å²) in [7, 11) is 0. The van der Waals surface area contributed by atoms with Gasteiger partial charge in [0.15, 0.2) is 0 Å². The number of benzene rings is 1. The summed E-state index contributed by atoms with van der Waals surface area (Å²) in [4.78, 5) is 4.03. The van der Waals surface area contributed by atoms with E-state index in [4.69, 9.17) is 11.6 Å². The highest BCUT2D eigenvalue weighted by Crippen LogP contribution is 2.29. The van der Waals surface area contributed by atoms with Crippen LogP contribution in [0.4, 0.5) is 5.69 Å². The molecule has 0 radical (unpaired) electrons. The maximum absolute atomic E-state index is 10.1. The number of aliphatic hydroxyl groups excluding tert-OH is 1. The lowest BCUT2D eigenvalue weighted by Crippen LogP contribution is -2.06. The van der Waals surface area contributed by atoms with Crippen molar-refractivity contribution in [3.05, 3.63) is 50.7 Å². The fourth-order valence-corrected chi connectivity index (χ4v) is 2.39. The fraction of sp³-hybridized carbons (Fsp3) is 0.214. The second-order valence-corrected chi connectivity index (χ2v) is 5.62. The molecule has 4 nitrogen and oxygen atoms in total. The summed E-state index contributed by atoms with van der Waals surface area (Å²) in [5.74, 6) is 0.0993. The van der Waals surface area contributed by atoms with Crippen LogP contribution in [0.3, 0.4) is 0 Å². The monoisotopic (exact) mass is 356 g/mol. The highest BCUT2D eigenvalue weighted by atomic mass is 79.9. The normalized spacial score (nSPS) is 10.6. The van der Waals surface area contributed by atoms with E-state index in [2.05, 4.69) is 26.2 Å². The van der Waals surface area contributed by atoms with Crippen LogP contribution in [-0.4, -0.2) is 15.2 Å². The minimum atomic E-state index is -0.172. The number of nitrogens with zero attached hydrogens (tertiary/aromatic N) is 1. The van der Waals surface area contributed by atoms with Gasteiger partial charge >= 0.3 is 0 Å². The number of hydrogen-bond acceptors (Lipinski definition) is 4. The predicted molar refractivity (Wildman–Crippen MR) is 83.0 cm³/mol. The lowest BCUT2D eigenvalue weighted by atomic mass is 10.1. The van der Waals surface area contributed by atoms with Crippen molar-refractivity contribution < 1.29 is 10.2 Å². The quantitative estimate of drug-likeness (QED) is 0.782. The number of halogens is 2. The smallest absolute Gasteiger partial charge is 0.142 e. The Morgan fingerprint density at radius 3 is 2.85 bits per heavy atom. The topological polar surface area (TPSA) is 65.4 Å². The zero-order valence-corrected chi connectivity index (χ0v) is 13.2. The first-order valence-electron chi connectivity index (χ1n) is 5.99. The molecule has 1 heterocycles. The molecule has 0 atom stereocenters. The number of aliphatic hydroxyl groups is 1. The van der Waals surface area contributed by atoms with Crippen LogP contribution in [-0.2, 0) is 13.2 Å². The number of aromatic nitrogens is 1. The molecule has 0 saturated heterocycles. The first-order chi connectivity index (χ1) is 9.52. The van der Waals surface area contributed by atoms with Gasteiger partial charge in [0, 0.05) is 33.4 Å². The molecule has 0 bridgehead atoms. The molecule has 0 saturated carbocycles. The molecule has 0 unspecified atom stereocenters. The van der Waals surface area contributed by atoms with Gasteiger partial charge in [-0.3, -0.25) is 4.98 Å². The fourth-order valence-electron chi connectivity index (χ4n) is 1.83. The minimum Gasteiger partial charge on any atom is -0.506 e. The summed E-state index contributed by atoms with van der Waals surface area (Å²) in [5, 5.41) is 23.2. The van der Waals surface area contributed by atoms with Crippen LogP contribution in [0.1, 0.15) is 16.8 Å².